The second kappa shape index (κ2) is 7.73. The van der Waals surface area contributed by atoms with Crippen molar-refractivity contribution < 1.29 is 0 Å². The fourth-order valence-corrected chi connectivity index (χ4v) is 3.17. The third kappa shape index (κ3) is 3.69. The maximum absolute atomic E-state index is 4.79. The molecular weight excluding hydrogens is 318 g/mol. The molecule has 1 heterocycles. The first kappa shape index (κ1) is 16.2. The predicted molar refractivity (Wildman–Crippen MR) is 106 cm³/mol. The quantitative estimate of drug-likeness (QED) is 0.380. The number of aliphatic imine (C=N–C) groups is 1. The second-order valence-corrected chi connectivity index (χ2v) is 6.30. The van der Waals surface area contributed by atoms with Gasteiger partial charge in [-0.05, 0) is 26.7 Å². The molecular formula is C23H20N3+. The van der Waals surface area contributed by atoms with Crippen LogP contribution in [0.15, 0.2) is 101 Å². The van der Waals surface area contributed by atoms with Gasteiger partial charge in [-0.15, -0.1) is 5.10 Å². The Labute approximate surface area is 154 Å². The highest BCUT2D eigenvalue weighted by molar-refractivity contribution is 6.06. The lowest BCUT2D eigenvalue weighted by molar-refractivity contribution is 0.487. The molecule has 0 aromatic heterocycles. The number of benzene rings is 3. The molecule has 1 unspecified atom stereocenters. The molecule has 0 amide bonds. The first-order valence-corrected chi connectivity index (χ1v) is 8.82. The first-order chi connectivity index (χ1) is 12.9. The normalized spacial score (nSPS) is 16.5. The van der Waals surface area contributed by atoms with Crippen LogP contribution in [0.5, 0.6) is 0 Å². The van der Waals surface area contributed by atoms with Gasteiger partial charge in [0, 0.05) is 0 Å². The lowest BCUT2D eigenvalue weighted by Gasteiger charge is -2.11. The first-order valence-electron chi connectivity index (χ1n) is 8.82. The Morgan fingerprint density at radius 3 is 2.15 bits per heavy atom. The van der Waals surface area contributed by atoms with E-state index in [1.165, 1.54) is 11.1 Å². The van der Waals surface area contributed by atoms with E-state index in [2.05, 4.69) is 72.0 Å². The summed E-state index contributed by atoms with van der Waals surface area (Å²) in [4.78, 5) is 4.45. The minimum Gasteiger partial charge on any atom is -0.130 e. The summed E-state index contributed by atoms with van der Waals surface area (Å²) in [5, 5.41) is 6.63. The van der Waals surface area contributed by atoms with Gasteiger partial charge in [0.25, 0.3) is 0 Å². The SMILES string of the molecule is [C+](=NCc1ccccc1)N1CC(c2ccccc2)C(c2ccccc2)=N1. The molecule has 3 aromatic carbocycles. The minimum atomic E-state index is 0.220. The van der Waals surface area contributed by atoms with Gasteiger partial charge in [-0.25, -0.2) is 0 Å². The third-order valence-electron chi connectivity index (χ3n) is 4.48. The molecule has 3 nitrogen and oxygen atoms in total. The zero-order valence-electron chi connectivity index (χ0n) is 14.5. The van der Waals surface area contributed by atoms with Crippen LogP contribution < -0.4 is 0 Å². The fraction of sp³-hybridized carbons (Fsp3) is 0.130. The molecule has 126 valence electrons. The van der Waals surface area contributed by atoms with Crippen molar-refractivity contribution in [3.05, 3.63) is 108 Å². The smallest absolute Gasteiger partial charge is 0.130 e. The van der Waals surface area contributed by atoms with Crippen LogP contribution in [0.1, 0.15) is 22.6 Å². The summed E-state index contributed by atoms with van der Waals surface area (Å²) in [5.74, 6) is 0.220. The van der Waals surface area contributed by atoms with Crippen LogP contribution in [0.3, 0.4) is 0 Å². The van der Waals surface area contributed by atoms with Crippen molar-refractivity contribution in [2.45, 2.75) is 12.5 Å². The van der Waals surface area contributed by atoms with E-state index in [-0.39, 0.29) is 5.92 Å². The molecule has 0 bridgehead atoms. The van der Waals surface area contributed by atoms with Gasteiger partial charge in [-0.2, -0.15) is 0 Å². The average molecular weight is 338 g/mol. The van der Waals surface area contributed by atoms with E-state index < -0.39 is 0 Å². The van der Waals surface area contributed by atoms with E-state index >= 15 is 0 Å². The Morgan fingerprint density at radius 2 is 1.46 bits per heavy atom. The van der Waals surface area contributed by atoms with Gasteiger partial charge in [0.2, 0.25) is 0 Å². The zero-order valence-corrected chi connectivity index (χ0v) is 14.5. The molecule has 0 radical (unpaired) electrons. The fourth-order valence-electron chi connectivity index (χ4n) is 3.17. The zero-order chi connectivity index (χ0) is 17.6. The monoisotopic (exact) mass is 338 g/mol. The van der Waals surface area contributed by atoms with Crippen molar-refractivity contribution in [3.63, 3.8) is 0 Å². The summed E-state index contributed by atoms with van der Waals surface area (Å²) in [6.45, 7) is 1.37. The summed E-state index contributed by atoms with van der Waals surface area (Å²) in [7, 11) is 0. The van der Waals surface area contributed by atoms with Gasteiger partial charge in [0.15, 0.2) is 0 Å². The van der Waals surface area contributed by atoms with Crippen LogP contribution in [0.4, 0.5) is 0 Å². The molecule has 1 aliphatic rings. The summed E-state index contributed by atoms with van der Waals surface area (Å²) in [5.41, 5.74) is 4.65. The van der Waals surface area contributed by atoms with E-state index in [0.717, 1.165) is 17.8 Å². The number of rotatable bonds is 5. The van der Waals surface area contributed by atoms with Gasteiger partial charge < -0.3 is 0 Å². The lowest BCUT2D eigenvalue weighted by Crippen LogP contribution is -2.17. The highest BCUT2D eigenvalue weighted by Gasteiger charge is 2.34. The van der Waals surface area contributed by atoms with Crippen LogP contribution in [-0.4, -0.2) is 23.6 Å². The van der Waals surface area contributed by atoms with Crippen LogP contribution in [0.2, 0.25) is 0 Å². The molecule has 3 heteroatoms. The van der Waals surface area contributed by atoms with Gasteiger partial charge in [0.1, 0.15) is 13.1 Å². The van der Waals surface area contributed by atoms with E-state index in [1.54, 1.807) is 0 Å². The Hall–Kier alpha value is -3.29. The second-order valence-electron chi connectivity index (χ2n) is 6.30. The molecule has 1 aliphatic heterocycles. The molecule has 0 saturated carbocycles. The van der Waals surface area contributed by atoms with Crippen molar-refractivity contribution in [2.75, 3.05) is 6.54 Å². The summed E-state index contributed by atoms with van der Waals surface area (Å²) >= 11 is 0. The Bertz CT molecular complexity index is 887. The summed E-state index contributed by atoms with van der Waals surface area (Å²) < 4.78 is 0. The molecule has 4 rings (SSSR count). The van der Waals surface area contributed by atoms with Crippen LogP contribution >= 0.6 is 0 Å². The minimum absolute atomic E-state index is 0.220. The molecule has 0 spiro atoms. The number of hydrogen-bond donors (Lipinski definition) is 0. The molecule has 0 N–H and O–H groups in total. The molecule has 0 fully saturated rings. The maximum atomic E-state index is 4.79. The van der Waals surface area contributed by atoms with Crippen molar-refractivity contribution in [3.8, 4) is 0 Å². The summed E-state index contributed by atoms with van der Waals surface area (Å²) in [6.07, 6.45) is 3.10. The molecule has 0 saturated heterocycles. The van der Waals surface area contributed by atoms with Gasteiger partial charge in [-0.3, -0.25) is 0 Å². The number of hydrazone groups is 1. The van der Waals surface area contributed by atoms with Crippen LogP contribution in [0.25, 0.3) is 0 Å². The van der Waals surface area contributed by atoms with Crippen LogP contribution in [-0.2, 0) is 6.54 Å². The molecule has 3 aromatic rings. The molecule has 26 heavy (non-hydrogen) atoms. The van der Waals surface area contributed by atoms with E-state index in [1.807, 2.05) is 35.3 Å². The van der Waals surface area contributed by atoms with Crippen LogP contribution in [0, 0.1) is 0 Å². The maximum Gasteiger partial charge on any atom is 0.541 e. The van der Waals surface area contributed by atoms with Crippen molar-refractivity contribution in [1.29, 1.82) is 0 Å². The number of nitrogens with zero attached hydrogens (tertiary/aromatic N) is 3. The number of hydrogen-bond acceptors (Lipinski definition) is 2. The summed E-state index contributed by atoms with van der Waals surface area (Å²) in [6, 6.07) is 31.1. The highest BCUT2D eigenvalue weighted by Crippen LogP contribution is 2.28. The predicted octanol–water partition coefficient (Wildman–Crippen LogP) is 4.60. The lowest BCUT2D eigenvalue weighted by atomic mass is 9.91. The van der Waals surface area contributed by atoms with Crippen molar-refractivity contribution >= 4 is 12.1 Å². The van der Waals surface area contributed by atoms with Gasteiger partial charge in [-0.1, -0.05) is 91.0 Å². The standard InChI is InChI=1S/C23H20N3/c1-4-10-19(11-5-1)16-24-18-26-17-22(20-12-6-2-7-13-20)23(25-26)21-14-8-3-9-15-21/h1-15,22H,16-17H2/q+1. The Balaban J connectivity index is 1.56. The van der Waals surface area contributed by atoms with E-state index in [4.69, 9.17) is 5.10 Å². The van der Waals surface area contributed by atoms with E-state index in [0.29, 0.717) is 6.54 Å². The van der Waals surface area contributed by atoms with Crippen molar-refractivity contribution in [2.24, 2.45) is 10.1 Å². The highest BCUT2D eigenvalue weighted by atomic mass is 15.5. The van der Waals surface area contributed by atoms with Gasteiger partial charge in [0.05, 0.1) is 11.6 Å². The molecule has 0 aliphatic carbocycles. The average Bonchev–Trinajstić information content (AvgIpc) is 3.14. The Morgan fingerprint density at radius 1 is 0.846 bits per heavy atom. The third-order valence-corrected chi connectivity index (χ3v) is 4.48. The molecule has 1 atom stereocenters. The Kier molecular flexibility index (Phi) is 4.81. The van der Waals surface area contributed by atoms with Gasteiger partial charge >= 0.3 is 6.34 Å². The largest absolute Gasteiger partial charge is 0.541 e. The van der Waals surface area contributed by atoms with E-state index in [9.17, 15) is 0 Å². The van der Waals surface area contributed by atoms with Crippen molar-refractivity contribution in [1.82, 2.24) is 5.01 Å². The topological polar surface area (TPSA) is 28.0 Å².